The summed E-state index contributed by atoms with van der Waals surface area (Å²) in [5, 5.41) is 18.1. The van der Waals surface area contributed by atoms with E-state index in [0.29, 0.717) is 5.56 Å². The summed E-state index contributed by atoms with van der Waals surface area (Å²) < 4.78 is 0. The number of H-pyrrole nitrogens is 1. The first-order chi connectivity index (χ1) is 7.16. The molecule has 0 unspecified atom stereocenters. The minimum Gasteiger partial charge on any atom is -0.481 e. The minimum absolute atomic E-state index is 0.292. The van der Waals surface area contributed by atoms with Crippen molar-refractivity contribution in [3.8, 4) is 0 Å². The van der Waals surface area contributed by atoms with Crippen molar-refractivity contribution in [3.63, 3.8) is 0 Å². The van der Waals surface area contributed by atoms with Gasteiger partial charge in [0, 0.05) is 0 Å². The van der Waals surface area contributed by atoms with Crippen LogP contribution in [0.4, 0.5) is 0 Å². The highest BCUT2D eigenvalue weighted by Gasteiger charge is 2.12. The first-order valence-electron chi connectivity index (χ1n) is 4.49. The number of benzene rings is 1. The molecule has 3 N–H and O–H groups in total. The minimum atomic E-state index is -1.02. The molecule has 0 saturated heterocycles. The Morgan fingerprint density at radius 1 is 1.53 bits per heavy atom. The zero-order valence-electron chi connectivity index (χ0n) is 7.84. The lowest BCUT2D eigenvalue weighted by Crippen LogP contribution is -2.05. The molecule has 5 heteroatoms. The molecule has 0 spiro atoms. The van der Waals surface area contributed by atoms with Crippen LogP contribution < -0.4 is 0 Å². The Hall–Kier alpha value is -1.88. The van der Waals surface area contributed by atoms with Gasteiger partial charge in [0.2, 0.25) is 0 Å². The van der Waals surface area contributed by atoms with Crippen LogP contribution in [0.2, 0.25) is 0 Å². The number of imidazole rings is 1. The molecule has 15 heavy (non-hydrogen) atoms. The molecular formula is C10H10N2O3. The average molecular weight is 206 g/mol. The number of nitrogens with one attached hydrogen (secondary N) is 1. The van der Waals surface area contributed by atoms with Crippen LogP contribution in [0.3, 0.4) is 0 Å². The third-order valence-corrected chi connectivity index (χ3v) is 2.20. The fraction of sp³-hybridized carbons (Fsp3) is 0.200. The lowest BCUT2D eigenvalue weighted by atomic mass is 10.1. The smallest absolute Gasteiger partial charge is 0.306 e. The van der Waals surface area contributed by atoms with Gasteiger partial charge in [0.15, 0.2) is 0 Å². The molecular weight excluding hydrogens is 196 g/mol. The standard InChI is InChI=1S/C10H10N2O3/c13-9(4-10(14)15)6-1-2-7-8(3-6)12-5-11-7/h1-3,5,9,13H,4H2,(H,11,12)(H,14,15)/t9-/m0/s1. The van der Waals surface area contributed by atoms with Gasteiger partial charge in [-0.3, -0.25) is 4.79 Å². The van der Waals surface area contributed by atoms with Gasteiger partial charge in [-0.1, -0.05) is 6.07 Å². The SMILES string of the molecule is O=C(O)C[C@H](O)c1ccc2nc[nH]c2c1. The van der Waals surface area contributed by atoms with Gasteiger partial charge in [0.1, 0.15) is 0 Å². The Morgan fingerprint density at radius 3 is 3.07 bits per heavy atom. The number of carboxylic acids is 1. The lowest BCUT2D eigenvalue weighted by molar-refractivity contribution is -0.139. The molecule has 0 fully saturated rings. The number of aliphatic carboxylic acids is 1. The Labute approximate surface area is 85.4 Å². The summed E-state index contributed by atoms with van der Waals surface area (Å²) in [5.41, 5.74) is 2.16. The number of aromatic nitrogens is 2. The largest absolute Gasteiger partial charge is 0.481 e. The average Bonchev–Trinajstić information content (AvgIpc) is 2.62. The fourth-order valence-electron chi connectivity index (χ4n) is 1.44. The third kappa shape index (κ3) is 1.97. The van der Waals surface area contributed by atoms with Gasteiger partial charge >= 0.3 is 5.97 Å². The summed E-state index contributed by atoms with van der Waals surface area (Å²) in [6.45, 7) is 0. The molecule has 78 valence electrons. The molecule has 1 atom stereocenters. The van der Waals surface area contributed by atoms with Gasteiger partial charge in [0.05, 0.1) is 29.9 Å². The van der Waals surface area contributed by atoms with Gasteiger partial charge in [-0.15, -0.1) is 0 Å². The molecule has 0 aliphatic rings. The number of hydrogen-bond acceptors (Lipinski definition) is 3. The van der Waals surface area contributed by atoms with E-state index in [1.807, 2.05) is 0 Å². The van der Waals surface area contributed by atoms with E-state index in [-0.39, 0.29) is 6.42 Å². The number of hydrogen-bond donors (Lipinski definition) is 3. The summed E-state index contributed by atoms with van der Waals surface area (Å²) in [6, 6.07) is 5.12. The van der Waals surface area contributed by atoms with Gasteiger partial charge in [0.25, 0.3) is 0 Å². The number of carboxylic acid groups (broad SMARTS) is 1. The van der Waals surface area contributed by atoms with Crippen LogP contribution in [-0.2, 0) is 4.79 Å². The second-order valence-corrected chi connectivity index (χ2v) is 3.29. The van der Waals surface area contributed by atoms with E-state index in [1.54, 1.807) is 24.5 Å². The van der Waals surface area contributed by atoms with Crippen LogP contribution in [-0.4, -0.2) is 26.2 Å². The zero-order chi connectivity index (χ0) is 10.8. The van der Waals surface area contributed by atoms with Crippen molar-refractivity contribution in [2.45, 2.75) is 12.5 Å². The zero-order valence-corrected chi connectivity index (χ0v) is 7.84. The van der Waals surface area contributed by atoms with Gasteiger partial charge < -0.3 is 15.2 Å². The number of aliphatic hydroxyl groups excluding tert-OH is 1. The molecule has 0 amide bonds. The molecule has 5 nitrogen and oxygen atoms in total. The van der Waals surface area contributed by atoms with E-state index in [9.17, 15) is 9.90 Å². The highest BCUT2D eigenvalue weighted by atomic mass is 16.4. The quantitative estimate of drug-likeness (QED) is 0.701. The van der Waals surface area contributed by atoms with Crippen LogP contribution >= 0.6 is 0 Å². The van der Waals surface area contributed by atoms with E-state index in [1.165, 1.54) is 0 Å². The molecule has 0 bridgehead atoms. The summed E-state index contributed by atoms with van der Waals surface area (Å²) in [7, 11) is 0. The molecule has 1 aromatic heterocycles. The Kier molecular flexibility index (Phi) is 2.39. The van der Waals surface area contributed by atoms with Crippen LogP contribution in [0.25, 0.3) is 11.0 Å². The van der Waals surface area contributed by atoms with Crippen molar-refractivity contribution < 1.29 is 15.0 Å². The summed E-state index contributed by atoms with van der Waals surface area (Å²) >= 11 is 0. The fourth-order valence-corrected chi connectivity index (χ4v) is 1.44. The molecule has 2 aromatic rings. The normalized spacial score (nSPS) is 12.9. The third-order valence-electron chi connectivity index (χ3n) is 2.20. The molecule has 1 aromatic carbocycles. The molecule has 2 rings (SSSR count). The second kappa shape index (κ2) is 3.70. The van der Waals surface area contributed by atoms with E-state index >= 15 is 0 Å². The molecule has 0 aliphatic heterocycles. The Balaban J connectivity index is 2.30. The number of aliphatic hydroxyl groups is 1. The molecule has 1 heterocycles. The Bertz CT molecular complexity index is 492. The molecule has 0 radical (unpaired) electrons. The number of rotatable bonds is 3. The van der Waals surface area contributed by atoms with Crippen molar-refractivity contribution in [3.05, 3.63) is 30.1 Å². The van der Waals surface area contributed by atoms with Gasteiger partial charge in [-0.25, -0.2) is 4.98 Å². The highest BCUT2D eigenvalue weighted by Crippen LogP contribution is 2.20. The topological polar surface area (TPSA) is 86.2 Å². The van der Waals surface area contributed by atoms with E-state index in [0.717, 1.165) is 11.0 Å². The van der Waals surface area contributed by atoms with Crippen molar-refractivity contribution in [2.24, 2.45) is 0 Å². The summed E-state index contributed by atoms with van der Waals surface area (Å²) in [6.07, 6.45) is 0.285. The van der Waals surface area contributed by atoms with Crippen molar-refractivity contribution in [2.75, 3.05) is 0 Å². The maximum absolute atomic E-state index is 10.4. The van der Waals surface area contributed by atoms with Crippen molar-refractivity contribution in [1.29, 1.82) is 0 Å². The lowest BCUT2D eigenvalue weighted by Gasteiger charge is -2.07. The predicted octanol–water partition coefficient (Wildman–Crippen LogP) is 1.07. The second-order valence-electron chi connectivity index (χ2n) is 3.29. The molecule has 0 saturated carbocycles. The van der Waals surface area contributed by atoms with Crippen molar-refractivity contribution in [1.82, 2.24) is 9.97 Å². The first kappa shape index (κ1) is 9.67. The number of aromatic amines is 1. The van der Waals surface area contributed by atoms with Crippen LogP contribution in [0.1, 0.15) is 18.1 Å². The first-order valence-corrected chi connectivity index (χ1v) is 4.49. The number of fused-ring (bicyclic) bond motifs is 1. The monoisotopic (exact) mass is 206 g/mol. The maximum Gasteiger partial charge on any atom is 0.306 e. The van der Waals surface area contributed by atoms with E-state index < -0.39 is 12.1 Å². The number of nitrogens with zero attached hydrogens (tertiary/aromatic N) is 1. The van der Waals surface area contributed by atoms with E-state index in [2.05, 4.69) is 9.97 Å². The number of carbonyl (C=O) groups is 1. The highest BCUT2D eigenvalue weighted by molar-refractivity contribution is 5.75. The molecule has 0 aliphatic carbocycles. The van der Waals surface area contributed by atoms with Crippen LogP contribution in [0.15, 0.2) is 24.5 Å². The van der Waals surface area contributed by atoms with Crippen molar-refractivity contribution >= 4 is 17.0 Å². The van der Waals surface area contributed by atoms with Crippen LogP contribution in [0.5, 0.6) is 0 Å². The summed E-state index contributed by atoms with van der Waals surface area (Å²) in [5.74, 6) is -1.02. The predicted molar refractivity (Wildman–Crippen MR) is 53.3 cm³/mol. The van der Waals surface area contributed by atoms with Crippen LogP contribution in [0, 0.1) is 0 Å². The van der Waals surface area contributed by atoms with E-state index in [4.69, 9.17) is 5.11 Å². The maximum atomic E-state index is 10.4. The summed E-state index contributed by atoms with van der Waals surface area (Å²) in [4.78, 5) is 17.3. The van der Waals surface area contributed by atoms with Gasteiger partial charge in [-0.2, -0.15) is 0 Å². The van der Waals surface area contributed by atoms with Gasteiger partial charge in [-0.05, 0) is 17.7 Å². The Morgan fingerprint density at radius 2 is 2.33 bits per heavy atom.